The Morgan fingerprint density at radius 1 is 1.09 bits per heavy atom. The number of aromatic nitrogens is 5. The van der Waals surface area contributed by atoms with Gasteiger partial charge in [0.1, 0.15) is 11.5 Å². The first-order valence-electron chi connectivity index (χ1n) is 10.3. The van der Waals surface area contributed by atoms with Gasteiger partial charge in [-0.05, 0) is 50.2 Å². The molecule has 4 aromatic rings. The van der Waals surface area contributed by atoms with E-state index in [2.05, 4.69) is 20.1 Å². The summed E-state index contributed by atoms with van der Waals surface area (Å²) in [6.07, 6.45) is 0.504. The van der Waals surface area contributed by atoms with Crippen molar-refractivity contribution in [1.29, 1.82) is 0 Å². The predicted molar refractivity (Wildman–Crippen MR) is 116 cm³/mol. The third-order valence-electron chi connectivity index (χ3n) is 5.65. The predicted octanol–water partition coefficient (Wildman–Crippen LogP) is 4.88. The highest BCUT2D eigenvalue weighted by atomic mass is 19.4. The molecule has 0 saturated heterocycles. The number of nitrogens with zero attached hydrogens (tertiary/aromatic N) is 5. The van der Waals surface area contributed by atoms with Crippen LogP contribution in [0, 0.1) is 6.92 Å². The van der Waals surface area contributed by atoms with Gasteiger partial charge in [0, 0.05) is 29.7 Å². The number of rotatable bonds is 3. The van der Waals surface area contributed by atoms with Crippen molar-refractivity contribution in [3.8, 4) is 22.6 Å². The maximum Gasteiger partial charge on any atom is 0.416 e. The Morgan fingerprint density at radius 2 is 1.85 bits per heavy atom. The summed E-state index contributed by atoms with van der Waals surface area (Å²) in [6, 6.07) is 8.17. The van der Waals surface area contributed by atoms with E-state index in [0.717, 1.165) is 23.4 Å². The van der Waals surface area contributed by atoms with E-state index in [0.29, 0.717) is 35.0 Å². The van der Waals surface area contributed by atoms with Crippen LogP contribution in [0.5, 0.6) is 0 Å². The van der Waals surface area contributed by atoms with E-state index >= 15 is 0 Å². The summed E-state index contributed by atoms with van der Waals surface area (Å²) in [5.74, 6) is 0.294. The van der Waals surface area contributed by atoms with Crippen LogP contribution >= 0.6 is 0 Å². The van der Waals surface area contributed by atoms with E-state index < -0.39 is 11.7 Å². The molecule has 10 heteroatoms. The van der Waals surface area contributed by atoms with Gasteiger partial charge in [0.25, 0.3) is 5.91 Å². The second-order valence-corrected chi connectivity index (χ2v) is 7.99. The Balaban J connectivity index is 1.50. The summed E-state index contributed by atoms with van der Waals surface area (Å²) in [5, 5.41) is 4.40. The largest absolute Gasteiger partial charge is 0.416 e. The Bertz CT molecular complexity index is 1340. The molecule has 3 aromatic heterocycles. The normalized spacial score (nSPS) is 16.2. The standard InChI is InChI=1S/C23H19F3N6O/c1-13-9-15(7-8-27-13)21-28-11-19(30-21)18-10-29-32-14(2)12-31(22(33)20(18)32)17-5-3-16(4-6-17)23(24,25)26/h3-11,14H,12H2,1-2H3,(H,28,30). The quantitative estimate of drug-likeness (QED) is 0.480. The molecule has 1 amide bonds. The molecule has 33 heavy (non-hydrogen) atoms. The lowest BCUT2D eigenvalue weighted by Gasteiger charge is -2.32. The fourth-order valence-electron chi connectivity index (χ4n) is 4.01. The maximum absolute atomic E-state index is 13.4. The number of hydrogen-bond donors (Lipinski definition) is 1. The lowest BCUT2D eigenvalue weighted by Crippen LogP contribution is -2.42. The van der Waals surface area contributed by atoms with Gasteiger partial charge in [0.15, 0.2) is 0 Å². The van der Waals surface area contributed by atoms with Gasteiger partial charge in [-0.3, -0.25) is 14.5 Å². The van der Waals surface area contributed by atoms with E-state index in [1.54, 1.807) is 23.3 Å². The van der Waals surface area contributed by atoms with Crippen molar-refractivity contribution in [3.63, 3.8) is 0 Å². The van der Waals surface area contributed by atoms with Gasteiger partial charge < -0.3 is 9.88 Å². The highest BCUT2D eigenvalue weighted by Gasteiger charge is 2.35. The average molecular weight is 452 g/mol. The molecule has 0 saturated carbocycles. The van der Waals surface area contributed by atoms with E-state index in [1.165, 1.54) is 17.0 Å². The van der Waals surface area contributed by atoms with Crippen molar-refractivity contribution in [2.75, 3.05) is 11.4 Å². The Labute approximate surface area is 186 Å². The number of amides is 1. The van der Waals surface area contributed by atoms with Gasteiger partial charge in [-0.1, -0.05) is 0 Å². The van der Waals surface area contributed by atoms with Gasteiger partial charge in [0.2, 0.25) is 0 Å². The van der Waals surface area contributed by atoms with Gasteiger partial charge in [0.05, 0.1) is 35.3 Å². The summed E-state index contributed by atoms with van der Waals surface area (Å²) in [5.41, 5.74) is 2.91. The molecule has 0 fully saturated rings. The van der Waals surface area contributed by atoms with Crippen LogP contribution in [-0.2, 0) is 6.18 Å². The van der Waals surface area contributed by atoms with Crippen molar-refractivity contribution in [2.45, 2.75) is 26.1 Å². The summed E-state index contributed by atoms with van der Waals surface area (Å²) in [7, 11) is 0. The number of H-pyrrole nitrogens is 1. The summed E-state index contributed by atoms with van der Waals surface area (Å²) < 4.78 is 40.5. The Hall–Kier alpha value is -3.95. The molecule has 5 rings (SSSR count). The SMILES string of the molecule is Cc1cc(-c2ncc(-c3cnn4c3C(=O)N(c3ccc(C(F)(F)F)cc3)CC4C)[nH]2)ccn1. The number of aromatic amines is 1. The molecule has 0 bridgehead atoms. The number of pyridine rings is 1. The molecule has 0 spiro atoms. The molecule has 168 valence electrons. The van der Waals surface area contributed by atoms with Crippen LogP contribution in [0.4, 0.5) is 18.9 Å². The van der Waals surface area contributed by atoms with E-state index in [-0.39, 0.29) is 11.9 Å². The number of aryl methyl sites for hydroxylation is 1. The van der Waals surface area contributed by atoms with Crippen LogP contribution in [-0.4, -0.2) is 37.2 Å². The van der Waals surface area contributed by atoms with Gasteiger partial charge in [-0.15, -0.1) is 0 Å². The number of carbonyl (C=O) groups excluding carboxylic acids is 1. The molecule has 0 radical (unpaired) electrons. The third kappa shape index (κ3) is 3.67. The van der Waals surface area contributed by atoms with Crippen molar-refractivity contribution in [1.82, 2.24) is 24.7 Å². The topological polar surface area (TPSA) is 79.7 Å². The van der Waals surface area contributed by atoms with Gasteiger partial charge >= 0.3 is 6.18 Å². The number of alkyl halides is 3. The molecule has 1 aliphatic rings. The fraction of sp³-hybridized carbons (Fsp3) is 0.217. The minimum Gasteiger partial charge on any atom is -0.338 e. The van der Waals surface area contributed by atoms with Crippen LogP contribution < -0.4 is 4.90 Å². The third-order valence-corrected chi connectivity index (χ3v) is 5.65. The second-order valence-electron chi connectivity index (χ2n) is 7.99. The second kappa shape index (κ2) is 7.58. The molecule has 1 aromatic carbocycles. The molecule has 0 aliphatic carbocycles. The van der Waals surface area contributed by atoms with E-state index in [1.807, 2.05) is 26.0 Å². The molecular formula is C23H19F3N6O. The summed E-state index contributed by atoms with van der Waals surface area (Å²) >= 11 is 0. The van der Waals surface area contributed by atoms with Gasteiger partial charge in [-0.25, -0.2) is 4.98 Å². The summed E-state index contributed by atoms with van der Waals surface area (Å²) in [4.78, 5) is 26.8. The smallest absolute Gasteiger partial charge is 0.338 e. The number of carbonyl (C=O) groups is 1. The van der Waals surface area contributed by atoms with Crippen LogP contribution in [0.2, 0.25) is 0 Å². The minimum absolute atomic E-state index is 0.168. The first-order chi connectivity index (χ1) is 15.7. The highest BCUT2D eigenvalue weighted by Crippen LogP contribution is 2.35. The number of hydrogen-bond acceptors (Lipinski definition) is 4. The van der Waals surface area contributed by atoms with Crippen LogP contribution in [0.3, 0.4) is 0 Å². The Kier molecular flexibility index (Phi) is 4.80. The highest BCUT2D eigenvalue weighted by molar-refractivity contribution is 6.09. The molecular weight excluding hydrogens is 433 g/mol. The average Bonchev–Trinajstić information content (AvgIpc) is 3.43. The maximum atomic E-state index is 13.4. The molecule has 1 aliphatic heterocycles. The van der Waals surface area contributed by atoms with Crippen LogP contribution in [0.15, 0.2) is 55.0 Å². The monoisotopic (exact) mass is 452 g/mol. The lowest BCUT2D eigenvalue weighted by molar-refractivity contribution is -0.137. The zero-order chi connectivity index (χ0) is 23.3. The first kappa shape index (κ1) is 20.9. The number of halogens is 3. The number of nitrogens with one attached hydrogen (secondary N) is 1. The van der Waals surface area contributed by atoms with E-state index in [9.17, 15) is 18.0 Å². The van der Waals surface area contributed by atoms with Crippen molar-refractivity contribution < 1.29 is 18.0 Å². The van der Waals surface area contributed by atoms with Gasteiger partial charge in [-0.2, -0.15) is 18.3 Å². The molecule has 4 heterocycles. The van der Waals surface area contributed by atoms with Crippen molar-refractivity contribution in [3.05, 3.63) is 71.9 Å². The minimum atomic E-state index is -4.44. The molecule has 1 N–H and O–H groups in total. The zero-order valence-electron chi connectivity index (χ0n) is 17.8. The molecule has 1 atom stereocenters. The van der Waals surface area contributed by atoms with Crippen molar-refractivity contribution in [2.24, 2.45) is 0 Å². The zero-order valence-corrected chi connectivity index (χ0v) is 17.8. The number of benzene rings is 1. The fourth-order valence-corrected chi connectivity index (χ4v) is 4.01. The molecule has 7 nitrogen and oxygen atoms in total. The van der Waals surface area contributed by atoms with Crippen LogP contribution in [0.25, 0.3) is 22.6 Å². The van der Waals surface area contributed by atoms with Crippen molar-refractivity contribution >= 4 is 11.6 Å². The number of anilines is 1. The lowest BCUT2D eigenvalue weighted by atomic mass is 10.1. The van der Waals surface area contributed by atoms with Crippen LogP contribution in [0.1, 0.15) is 34.7 Å². The summed E-state index contributed by atoms with van der Waals surface area (Å²) in [6.45, 7) is 4.09. The molecule has 1 unspecified atom stereocenters. The number of imidazole rings is 1. The number of fused-ring (bicyclic) bond motifs is 1. The van der Waals surface area contributed by atoms with E-state index in [4.69, 9.17) is 0 Å². The Morgan fingerprint density at radius 3 is 2.55 bits per heavy atom. The first-order valence-corrected chi connectivity index (χ1v) is 10.3.